The Morgan fingerprint density at radius 1 is 1.26 bits per heavy atom. The number of nitrogens with one attached hydrogen (secondary N) is 2. The number of alkyl halides is 3. The van der Waals surface area contributed by atoms with Crippen LogP contribution in [0.1, 0.15) is 41.2 Å². The highest BCUT2D eigenvalue weighted by molar-refractivity contribution is 5.82. The number of aromatic nitrogens is 2. The number of imidazole rings is 1. The number of carbonyl (C=O) groups is 1. The Kier molecular flexibility index (Phi) is 4.67. The largest absolute Gasteiger partial charge is 0.449 e. The third-order valence-corrected chi connectivity index (χ3v) is 5.28. The van der Waals surface area contributed by atoms with E-state index in [4.69, 9.17) is 0 Å². The van der Waals surface area contributed by atoms with Gasteiger partial charge < -0.3 is 15.2 Å². The van der Waals surface area contributed by atoms with E-state index in [9.17, 15) is 18.0 Å². The molecule has 144 valence electrons. The van der Waals surface area contributed by atoms with Crippen LogP contribution in [0.15, 0.2) is 24.3 Å². The Balaban J connectivity index is 1.46. The average Bonchev–Trinajstić information content (AvgIpc) is 3.05. The molecule has 27 heavy (non-hydrogen) atoms. The van der Waals surface area contributed by atoms with Crippen molar-refractivity contribution >= 4 is 5.91 Å². The maximum Gasteiger partial charge on any atom is 0.449 e. The van der Waals surface area contributed by atoms with Crippen LogP contribution < -0.4 is 10.6 Å². The van der Waals surface area contributed by atoms with Gasteiger partial charge in [0.15, 0.2) is 0 Å². The molecular weight excluding hydrogens is 357 g/mol. The zero-order chi connectivity index (χ0) is 19.0. The number of carbonyl (C=O) groups excluding carboxylic acids is 1. The van der Waals surface area contributed by atoms with Crippen molar-refractivity contribution in [1.82, 2.24) is 20.2 Å². The molecule has 1 amide bonds. The highest BCUT2D eigenvalue weighted by atomic mass is 19.4. The zero-order valence-electron chi connectivity index (χ0n) is 14.8. The summed E-state index contributed by atoms with van der Waals surface area (Å²) in [6.45, 7) is 0.947. The van der Waals surface area contributed by atoms with Crippen molar-refractivity contribution < 1.29 is 18.0 Å². The molecule has 0 fully saturated rings. The quantitative estimate of drug-likeness (QED) is 0.863. The summed E-state index contributed by atoms with van der Waals surface area (Å²) in [7, 11) is 0. The minimum absolute atomic E-state index is 0.0179. The van der Waals surface area contributed by atoms with Gasteiger partial charge in [-0.1, -0.05) is 24.3 Å². The second-order valence-electron chi connectivity index (χ2n) is 7.06. The Morgan fingerprint density at radius 2 is 2.04 bits per heavy atom. The number of amides is 1. The summed E-state index contributed by atoms with van der Waals surface area (Å²) >= 11 is 0. The summed E-state index contributed by atoms with van der Waals surface area (Å²) in [4.78, 5) is 16.3. The molecule has 1 atom stereocenters. The molecule has 2 aliphatic heterocycles. The van der Waals surface area contributed by atoms with Crippen molar-refractivity contribution in [3.05, 3.63) is 52.6 Å². The molecule has 0 spiro atoms. The van der Waals surface area contributed by atoms with Crippen molar-refractivity contribution in [2.45, 2.75) is 57.5 Å². The van der Waals surface area contributed by atoms with Crippen LogP contribution in [0.2, 0.25) is 0 Å². The number of nitrogens with zero attached hydrogens (tertiary/aromatic N) is 2. The predicted molar refractivity (Wildman–Crippen MR) is 92.8 cm³/mol. The molecule has 2 N–H and O–H groups in total. The fourth-order valence-electron chi connectivity index (χ4n) is 3.91. The van der Waals surface area contributed by atoms with E-state index >= 15 is 0 Å². The number of benzene rings is 1. The summed E-state index contributed by atoms with van der Waals surface area (Å²) in [6, 6.07) is 7.53. The first kappa shape index (κ1) is 18.0. The van der Waals surface area contributed by atoms with Crippen molar-refractivity contribution in [2.75, 3.05) is 0 Å². The van der Waals surface area contributed by atoms with E-state index in [1.807, 2.05) is 24.3 Å². The van der Waals surface area contributed by atoms with Gasteiger partial charge in [-0.25, -0.2) is 4.98 Å². The molecule has 0 unspecified atom stereocenters. The van der Waals surface area contributed by atoms with Crippen LogP contribution in [0, 0.1) is 0 Å². The first-order chi connectivity index (χ1) is 12.9. The number of fused-ring (bicyclic) bond motifs is 2. The number of halogens is 3. The van der Waals surface area contributed by atoms with Crippen molar-refractivity contribution in [1.29, 1.82) is 0 Å². The molecule has 8 heteroatoms. The van der Waals surface area contributed by atoms with Crippen LogP contribution in [-0.2, 0) is 43.4 Å². The molecule has 2 aliphatic rings. The van der Waals surface area contributed by atoms with Crippen LogP contribution >= 0.6 is 0 Å². The molecule has 4 rings (SSSR count). The predicted octanol–water partition coefficient (Wildman–Crippen LogP) is 2.57. The van der Waals surface area contributed by atoms with Gasteiger partial charge >= 0.3 is 6.18 Å². The van der Waals surface area contributed by atoms with Gasteiger partial charge in [0, 0.05) is 18.8 Å². The molecule has 0 saturated carbocycles. The second kappa shape index (κ2) is 6.99. The molecule has 0 radical (unpaired) electrons. The lowest BCUT2D eigenvalue weighted by Gasteiger charge is -2.25. The Labute approximate surface area is 155 Å². The highest BCUT2D eigenvalue weighted by Gasteiger charge is 2.39. The third-order valence-electron chi connectivity index (χ3n) is 5.28. The fraction of sp³-hybridized carbons (Fsp3) is 0.474. The van der Waals surface area contributed by atoms with Gasteiger partial charge in [0.05, 0.1) is 18.3 Å². The highest BCUT2D eigenvalue weighted by Crippen LogP contribution is 2.32. The summed E-state index contributed by atoms with van der Waals surface area (Å²) in [5.74, 6) is -1.07. The summed E-state index contributed by atoms with van der Waals surface area (Å²) < 4.78 is 41.0. The van der Waals surface area contributed by atoms with Crippen molar-refractivity contribution in [2.24, 2.45) is 0 Å². The molecule has 1 aromatic heterocycles. The van der Waals surface area contributed by atoms with Gasteiger partial charge in [-0.2, -0.15) is 13.2 Å². The lowest BCUT2D eigenvalue weighted by atomic mass is 9.95. The molecule has 2 aromatic rings. The number of hydrogen-bond donors (Lipinski definition) is 2. The first-order valence-electron chi connectivity index (χ1n) is 9.17. The lowest BCUT2D eigenvalue weighted by Crippen LogP contribution is -2.47. The molecular formula is C19H21F3N4O. The van der Waals surface area contributed by atoms with Gasteiger partial charge in [0.25, 0.3) is 0 Å². The van der Waals surface area contributed by atoms with E-state index in [1.54, 1.807) is 0 Å². The minimum atomic E-state index is -4.48. The van der Waals surface area contributed by atoms with Crippen LogP contribution in [0.4, 0.5) is 13.2 Å². The monoisotopic (exact) mass is 378 g/mol. The zero-order valence-corrected chi connectivity index (χ0v) is 14.8. The number of hydrogen-bond acceptors (Lipinski definition) is 3. The normalized spacial score (nSPS) is 19.3. The minimum Gasteiger partial charge on any atom is -0.349 e. The molecule has 0 aliphatic carbocycles. The molecule has 3 heterocycles. The van der Waals surface area contributed by atoms with Crippen molar-refractivity contribution in [3.63, 3.8) is 0 Å². The second-order valence-corrected chi connectivity index (χ2v) is 7.06. The van der Waals surface area contributed by atoms with Gasteiger partial charge in [-0.3, -0.25) is 4.79 Å². The van der Waals surface area contributed by atoms with Gasteiger partial charge in [-0.15, -0.1) is 0 Å². The Bertz CT molecular complexity index is 859. The molecule has 5 nitrogen and oxygen atoms in total. The van der Waals surface area contributed by atoms with Gasteiger partial charge in [-0.05, 0) is 36.8 Å². The topological polar surface area (TPSA) is 59.0 Å². The van der Waals surface area contributed by atoms with E-state index in [0.717, 1.165) is 12.0 Å². The maximum absolute atomic E-state index is 13.2. The van der Waals surface area contributed by atoms with E-state index in [1.165, 1.54) is 10.1 Å². The van der Waals surface area contributed by atoms with Crippen LogP contribution in [0.5, 0.6) is 0 Å². The Hall–Kier alpha value is -2.35. The lowest BCUT2D eigenvalue weighted by molar-refractivity contribution is -0.147. The molecule has 0 bridgehead atoms. The smallest absolute Gasteiger partial charge is 0.349 e. The standard InChI is InChI=1S/C19H21F3N4O/c20-19(21,22)18-25-15(16-7-3-4-8-26(16)18)11-24-17(27)14-9-12-5-1-2-6-13(12)10-23-14/h1-2,5-6,14,23H,3-4,7-11H2,(H,24,27)/t14-/m0/s1. The Morgan fingerprint density at radius 3 is 2.81 bits per heavy atom. The van der Waals surface area contributed by atoms with E-state index < -0.39 is 12.0 Å². The number of rotatable bonds is 3. The van der Waals surface area contributed by atoms with Crippen molar-refractivity contribution in [3.8, 4) is 0 Å². The van der Waals surface area contributed by atoms with Crippen LogP contribution in [0.25, 0.3) is 0 Å². The SMILES string of the molecule is O=C(NCc1nc(C(F)(F)F)n2c1CCCC2)[C@@H]1Cc2ccccc2CN1. The molecule has 0 saturated heterocycles. The van der Waals surface area contributed by atoms with Crippen LogP contribution in [-0.4, -0.2) is 21.5 Å². The average molecular weight is 378 g/mol. The summed E-state index contributed by atoms with van der Waals surface area (Å²) in [6.07, 6.45) is -1.81. The van der Waals surface area contributed by atoms with E-state index in [2.05, 4.69) is 15.6 Å². The molecule has 1 aromatic carbocycles. The fourth-order valence-corrected chi connectivity index (χ4v) is 3.91. The summed E-state index contributed by atoms with van der Waals surface area (Å²) in [5, 5.41) is 5.96. The van der Waals surface area contributed by atoms with E-state index in [0.29, 0.717) is 43.7 Å². The van der Waals surface area contributed by atoms with Crippen LogP contribution in [0.3, 0.4) is 0 Å². The third kappa shape index (κ3) is 3.58. The summed E-state index contributed by atoms with van der Waals surface area (Å²) in [5.41, 5.74) is 3.21. The van der Waals surface area contributed by atoms with E-state index in [-0.39, 0.29) is 18.5 Å². The first-order valence-corrected chi connectivity index (χ1v) is 9.17. The van der Waals surface area contributed by atoms with Gasteiger partial charge in [0.1, 0.15) is 0 Å². The maximum atomic E-state index is 13.2. The van der Waals surface area contributed by atoms with Gasteiger partial charge in [0.2, 0.25) is 11.7 Å².